The van der Waals surface area contributed by atoms with Crippen molar-refractivity contribution in [2.45, 2.75) is 6.54 Å². The largest absolute Gasteiger partial charge is 0.495 e. The van der Waals surface area contributed by atoms with Crippen LogP contribution in [0, 0.1) is 0 Å². The van der Waals surface area contributed by atoms with E-state index in [4.69, 9.17) is 4.74 Å². The van der Waals surface area contributed by atoms with E-state index in [0.717, 1.165) is 23.6 Å². The van der Waals surface area contributed by atoms with Crippen LogP contribution in [0.1, 0.15) is 4.88 Å². The third-order valence-corrected chi connectivity index (χ3v) is 3.78. The molecule has 106 valence electrons. The minimum Gasteiger partial charge on any atom is -0.495 e. The predicted molar refractivity (Wildman–Crippen MR) is 83.5 cm³/mol. The van der Waals surface area contributed by atoms with Crippen molar-refractivity contribution in [1.29, 1.82) is 0 Å². The number of anilines is 1. The maximum Gasteiger partial charge on any atom is 0.145 e. The SMILES string of the molecule is COc1cncc(-c2cncc(NCc3cccs3)n2)c1. The average molecular weight is 298 g/mol. The Balaban J connectivity index is 1.79. The molecule has 21 heavy (non-hydrogen) atoms. The van der Waals surface area contributed by atoms with E-state index in [1.54, 1.807) is 43.2 Å². The molecule has 3 rings (SSSR count). The highest BCUT2D eigenvalue weighted by molar-refractivity contribution is 7.09. The van der Waals surface area contributed by atoms with E-state index < -0.39 is 0 Å². The molecule has 0 aliphatic carbocycles. The van der Waals surface area contributed by atoms with Gasteiger partial charge in [0, 0.05) is 16.6 Å². The summed E-state index contributed by atoms with van der Waals surface area (Å²) in [4.78, 5) is 14.2. The quantitative estimate of drug-likeness (QED) is 0.783. The minimum absolute atomic E-state index is 0.700. The van der Waals surface area contributed by atoms with Crippen LogP contribution in [0.4, 0.5) is 5.82 Å². The summed E-state index contributed by atoms with van der Waals surface area (Å²) in [5, 5.41) is 5.33. The maximum atomic E-state index is 5.18. The fraction of sp³-hybridized carbons (Fsp3) is 0.133. The molecule has 1 N–H and O–H groups in total. The van der Waals surface area contributed by atoms with Crippen molar-refractivity contribution in [1.82, 2.24) is 15.0 Å². The van der Waals surface area contributed by atoms with Crippen molar-refractivity contribution in [3.8, 4) is 17.0 Å². The van der Waals surface area contributed by atoms with Gasteiger partial charge in [-0.15, -0.1) is 11.3 Å². The van der Waals surface area contributed by atoms with Crippen LogP contribution in [0.5, 0.6) is 5.75 Å². The zero-order chi connectivity index (χ0) is 14.5. The number of nitrogens with one attached hydrogen (secondary N) is 1. The molecule has 0 saturated carbocycles. The average Bonchev–Trinajstić information content (AvgIpc) is 3.07. The van der Waals surface area contributed by atoms with Gasteiger partial charge in [0.05, 0.1) is 37.9 Å². The number of methoxy groups -OCH3 is 1. The molecule has 0 bridgehead atoms. The van der Waals surface area contributed by atoms with Crippen LogP contribution in [0.25, 0.3) is 11.3 Å². The summed E-state index contributed by atoms with van der Waals surface area (Å²) in [7, 11) is 1.62. The Hall–Kier alpha value is -2.47. The first kappa shape index (κ1) is 13.5. The van der Waals surface area contributed by atoms with Gasteiger partial charge in [0.1, 0.15) is 11.6 Å². The number of pyridine rings is 1. The maximum absolute atomic E-state index is 5.18. The topological polar surface area (TPSA) is 59.9 Å². The zero-order valence-electron chi connectivity index (χ0n) is 11.5. The fourth-order valence-electron chi connectivity index (χ4n) is 1.85. The molecule has 0 aromatic carbocycles. The molecule has 3 heterocycles. The number of nitrogens with zero attached hydrogens (tertiary/aromatic N) is 3. The third kappa shape index (κ3) is 3.35. The Morgan fingerprint density at radius 2 is 2.10 bits per heavy atom. The highest BCUT2D eigenvalue weighted by Crippen LogP contribution is 2.21. The van der Waals surface area contributed by atoms with Crippen molar-refractivity contribution in [2.75, 3.05) is 12.4 Å². The van der Waals surface area contributed by atoms with Gasteiger partial charge in [0.2, 0.25) is 0 Å². The normalized spacial score (nSPS) is 10.3. The second-order valence-corrected chi connectivity index (χ2v) is 5.37. The second kappa shape index (κ2) is 6.32. The van der Waals surface area contributed by atoms with E-state index in [1.807, 2.05) is 12.1 Å². The third-order valence-electron chi connectivity index (χ3n) is 2.90. The van der Waals surface area contributed by atoms with Crippen LogP contribution in [-0.4, -0.2) is 22.1 Å². The molecule has 0 atom stereocenters. The lowest BCUT2D eigenvalue weighted by atomic mass is 10.2. The summed E-state index contributed by atoms with van der Waals surface area (Å²) >= 11 is 1.71. The molecule has 0 aliphatic heterocycles. The van der Waals surface area contributed by atoms with Crippen LogP contribution in [0.15, 0.2) is 48.4 Å². The van der Waals surface area contributed by atoms with Crippen molar-refractivity contribution < 1.29 is 4.74 Å². The number of hydrogen-bond donors (Lipinski definition) is 1. The zero-order valence-corrected chi connectivity index (χ0v) is 12.3. The summed E-state index contributed by atoms with van der Waals surface area (Å²) in [6.45, 7) is 0.742. The highest BCUT2D eigenvalue weighted by atomic mass is 32.1. The molecule has 0 amide bonds. The lowest BCUT2D eigenvalue weighted by Gasteiger charge is -2.07. The first-order valence-corrected chi connectivity index (χ1v) is 7.31. The molecular formula is C15H14N4OS. The van der Waals surface area contributed by atoms with Gasteiger partial charge >= 0.3 is 0 Å². The Bertz CT molecular complexity index is 715. The van der Waals surface area contributed by atoms with Crippen molar-refractivity contribution in [3.05, 3.63) is 53.2 Å². The molecule has 6 heteroatoms. The van der Waals surface area contributed by atoms with Gasteiger partial charge in [-0.05, 0) is 17.5 Å². The Labute approximate surface area is 126 Å². The van der Waals surface area contributed by atoms with Crippen molar-refractivity contribution in [3.63, 3.8) is 0 Å². The Kier molecular flexibility index (Phi) is 4.07. The molecule has 3 aromatic heterocycles. The van der Waals surface area contributed by atoms with Crippen molar-refractivity contribution >= 4 is 17.2 Å². The van der Waals surface area contributed by atoms with Crippen LogP contribution in [0.2, 0.25) is 0 Å². The summed E-state index contributed by atoms with van der Waals surface area (Å²) in [6, 6.07) is 6.01. The predicted octanol–water partition coefficient (Wildman–Crippen LogP) is 3.22. The van der Waals surface area contributed by atoms with Crippen LogP contribution >= 0.6 is 11.3 Å². The summed E-state index contributed by atoms with van der Waals surface area (Å²) in [5.74, 6) is 1.44. The van der Waals surface area contributed by atoms with Crippen LogP contribution in [-0.2, 0) is 6.54 Å². The number of rotatable bonds is 5. The standard InChI is InChI=1S/C15H14N4OS/c1-20-12-5-11(6-16-7-12)14-9-17-10-15(19-14)18-8-13-3-2-4-21-13/h2-7,9-10H,8H2,1H3,(H,18,19). The van der Waals surface area contributed by atoms with Gasteiger partial charge in [-0.25, -0.2) is 4.98 Å². The molecule has 0 spiro atoms. The van der Waals surface area contributed by atoms with Gasteiger partial charge in [-0.2, -0.15) is 0 Å². The smallest absolute Gasteiger partial charge is 0.145 e. The van der Waals surface area contributed by atoms with E-state index >= 15 is 0 Å². The van der Waals surface area contributed by atoms with Gasteiger partial charge in [0.25, 0.3) is 0 Å². The highest BCUT2D eigenvalue weighted by Gasteiger charge is 2.04. The fourth-order valence-corrected chi connectivity index (χ4v) is 2.50. The number of hydrogen-bond acceptors (Lipinski definition) is 6. The minimum atomic E-state index is 0.700. The lowest BCUT2D eigenvalue weighted by Crippen LogP contribution is -2.01. The summed E-state index contributed by atoms with van der Waals surface area (Å²) < 4.78 is 5.18. The van der Waals surface area contributed by atoms with E-state index in [1.165, 1.54) is 4.88 Å². The van der Waals surface area contributed by atoms with Gasteiger partial charge in [0.15, 0.2) is 0 Å². The monoisotopic (exact) mass is 298 g/mol. The van der Waals surface area contributed by atoms with Crippen LogP contribution < -0.4 is 10.1 Å². The van der Waals surface area contributed by atoms with E-state index in [-0.39, 0.29) is 0 Å². The summed E-state index contributed by atoms with van der Waals surface area (Å²) in [6.07, 6.45) is 6.84. The van der Waals surface area contributed by atoms with E-state index in [2.05, 4.69) is 31.7 Å². The molecule has 5 nitrogen and oxygen atoms in total. The molecule has 0 unspecified atom stereocenters. The Morgan fingerprint density at radius 1 is 1.19 bits per heavy atom. The van der Waals surface area contributed by atoms with Crippen molar-refractivity contribution in [2.24, 2.45) is 0 Å². The van der Waals surface area contributed by atoms with Gasteiger partial charge in [-0.1, -0.05) is 6.07 Å². The van der Waals surface area contributed by atoms with E-state index in [9.17, 15) is 0 Å². The molecule has 3 aromatic rings. The molecule has 0 fully saturated rings. The molecular weight excluding hydrogens is 284 g/mol. The van der Waals surface area contributed by atoms with Gasteiger partial charge in [-0.3, -0.25) is 9.97 Å². The summed E-state index contributed by atoms with van der Waals surface area (Å²) in [5.41, 5.74) is 1.64. The number of aromatic nitrogens is 3. The lowest BCUT2D eigenvalue weighted by molar-refractivity contribution is 0.413. The first-order valence-electron chi connectivity index (χ1n) is 6.43. The molecule has 0 radical (unpaired) electrons. The molecule has 0 saturated heterocycles. The molecule has 0 aliphatic rings. The second-order valence-electron chi connectivity index (χ2n) is 4.34. The van der Waals surface area contributed by atoms with Crippen LogP contribution in [0.3, 0.4) is 0 Å². The number of ether oxygens (including phenoxy) is 1. The number of thiophene rings is 1. The van der Waals surface area contributed by atoms with Gasteiger partial charge < -0.3 is 10.1 Å². The first-order chi connectivity index (χ1) is 10.3. The van der Waals surface area contributed by atoms with E-state index in [0.29, 0.717) is 5.75 Å². The Morgan fingerprint density at radius 3 is 2.90 bits per heavy atom.